The van der Waals surface area contributed by atoms with E-state index in [-0.39, 0.29) is 0 Å². The van der Waals surface area contributed by atoms with Gasteiger partial charge in [0.25, 0.3) is 0 Å². The molecule has 0 bridgehead atoms. The van der Waals surface area contributed by atoms with Gasteiger partial charge < -0.3 is 0 Å². The molecule has 1 atom stereocenters. The van der Waals surface area contributed by atoms with E-state index >= 15 is 0 Å². The van der Waals surface area contributed by atoms with Crippen molar-refractivity contribution in [2.45, 2.75) is 0 Å². The summed E-state index contributed by atoms with van der Waals surface area (Å²) in [5.41, 5.74) is 1.83. The normalized spacial score (nSPS) is 11.0. The zero-order valence-corrected chi connectivity index (χ0v) is 10.4. The van der Waals surface area contributed by atoms with Crippen LogP contribution in [0.3, 0.4) is 0 Å². The van der Waals surface area contributed by atoms with Crippen molar-refractivity contribution >= 4 is 18.6 Å². The first-order valence-corrected chi connectivity index (χ1v) is 6.98. The van der Waals surface area contributed by atoms with Crippen molar-refractivity contribution in [1.29, 1.82) is 0 Å². The van der Waals surface area contributed by atoms with Crippen LogP contribution in [0.4, 0.5) is 0 Å². The molecule has 17 heavy (non-hydrogen) atoms. The van der Waals surface area contributed by atoms with E-state index in [1.165, 1.54) is 0 Å². The van der Waals surface area contributed by atoms with Gasteiger partial charge in [0, 0.05) is 5.56 Å². The van der Waals surface area contributed by atoms with Crippen molar-refractivity contribution in [2.24, 2.45) is 0 Å². The first kappa shape index (κ1) is 12.1. The van der Waals surface area contributed by atoms with Gasteiger partial charge in [0.05, 0.1) is 4.67 Å². The predicted molar refractivity (Wildman–Crippen MR) is 67.1 cm³/mol. The van der Waals surface area contributed by atoms with Gasteiger partial charge in [-0.15, -0.1) is 0 Å². The van der Waals surface area contributed by atoms with Gasteiger partial charge in [0.15, 0.2) is 5.75 Å². The van der Waals surface area contributed by atoms with E-state index < -0.39 is 7.38 Å². The summed E-state index contributed by atoms with van der Waals surface area (Å²) < 4.78 is 15.1. The molecule has 0 saturated carbocycles. The highest BCUT2D eigenvalue weighted by Crippen LogP contribution is 2.34. The lowest BCUT2D eigenvalue weighted by molar-refractivity contribution is -0.0880. The number of benzene rings is 2. The van der Waals surface area contributed by atoms with E-state index in [0.717, 1.165) is 11.1 Å². The van der Waals surface area contributed by atoms with Crippen LogP contribution in [0.2, 0.25) is 0 Å². The zero-order valence-electron chi connectivity index (χ0n) is 8.75. The summed E-state index contributed by atoms with van der Waals surface area (Å²) in [5, 5.41) is 0. The first-order valence-electron chi connectivity index (χ1n) is 4.89. The molecular formula is C12H9ClO3P+. The molecule has 0 amide bonds. The van der Waals surface area contributed by atoms with E-state index in [9.17, 15) is 4.57 Å². The van der Waals surface area contributed by atoms with Crippen LogP contribution < -0.4 is 4.89 Å². The van der Waals surface area contributed by atoms with Gasteiger partial charge in [-0.2, -0.15) is 0 Å². The van der Waals surface area contributed by atoms with Crippen molar-refractivity contribution in [3.05, 3.63) is 54.6 Å². The van der Waals surface area contributed by atoms with Crippen LogP contribution in [0.5, 0.6) is 5.75 Å². The lowest BCUT2D eigenvalue weighted by Crippen LogP contribution is -1.90. The number of hydrogen-bond donors (Lipinski definition) is 0. The van der Waals surface area contributed by atoms with Crippen LogP contribution in [0.1, 0.15) is 0 Å². The van der Waals surface area contributed by atoms with Gasteiger partial charge in [-0.05, 0) is 16.2 Å². The molecule has 3 nitrogen and oxygen atoms in total. The Balaban J connectivity index is 2.31. The Labute approximate surface area is 105 Å². The first-order chi connectivity index (χ1) is 8.27. The maximum atomic E-state index is 10.6. The molecule has 2 rings (SSSR count). The molecule has 0 aliphatic heterocycles. The molecule has 0 radical (unpaired) electrons. The second-order valence-electron chi connectivity index (χ2n) is 3.23. The summed E-state index contributed by atoms with van der Waals surface area (Å²) >= 11 is 5.19. The van der Waals surface area contributed by atoms with Gasteiger partial charge in [0.1, 0.15) is 0 Å². The molecule has 1 unspecified atom stereocenters. The summed E-state index contributed by atoms with van der Waals surface area (Å²) in [6.45, 7) is 0. The van der Waals surface area contributed by atoms with Crippen LogP contribution in [0.25, 0.3) is 11.1 Å². The standard InChI is InChI=1S/C12H9ClO3P/c13-17(14)16-15-12-9-5-4-8-11(12)10-6-2-1-3-7-10/h1-9H/q+1. The Morgan fingerprint density at radius 3 is 2.29 bits per heavy atom. The number of rotatable bonds is 4. The highest BCUT2D eigenvalue weighted by Gasteiger charge is 2.17. The van der Waals surface area contributed by atoms with Gasteiger partial charge in [-0.3, -0.25) is 4.89 Å². The van der Waals surface area contributed by atoms with Crippen LogP contribution in [-0.2, 0) is 9.24 Å². The van der Waals surface area contributed by atoms with Crippen LogP contribution in [0, 0.1) is 0 Å². The quantitative estimate of drug-likeness (QED) is 0.463. The second kappa shape index (κ2) is 5.78. The molecule has 2 aromatic carbocycles. The van der Waals surface area contributed by atoms with E-state index in [4.69, 9.17) is 16.1 Å². The molecule has 0 aromatic heterocycles. The van der Waals surface area contributed by atoms with E-state index in [1.807, 2.05) is 42.5 Å². The lowest BCUT2D eigenvalue weighted by Gasteiger charge is -2.05. The zero-order chi connectivity index (χ0) is 12.1. The van der Waals surface area contributed by atoms with E-state index in [2.05, 4.69) is 4.67 Å². The molecule has 0 aliphatic rings. The number of halogens is 1. The average molecular weight is 268 g/mol. The smallest absolute Gasteiger partial charge is 0.291 e. The fraction of sp³-hybridized carbons (Fsp3) is 0. The predicted octanol–water partition coefficient (Wildman–Crippen LogP) is 4.56. The van der Waals surface area contributed by atoms with Crippen molar-refractivity contribution in [1.82, 2.24) is 0 Å². The van der Waals surface area contributed by atoms with Crippen molar-refractivity contribution in [3.8, 4) is 16.9 Å². The van der Waals surface area contributed by atoms with Crippen LogP contribution in [-0.4, -0.2) is 0 Å². The van der Waals surface area contributed by atoms with Crippen LogP contribution in [0.15, 0.2) is 54.6 Å². The van der Waals surface area contributed by atoms with Gasteiger partial charge in [-0.25, -0.2) is 0 Å². The summed E-state index contributed by atoms with van der Waals surface area (Å²) in [5.74, 6) is 0.475. The molecule has 5 heteroatoms. The fourth-order valence-electron chi connectivity index (χ4n) is 1.46. The summed E-state index contributed by atoms with van der Waals surface area (Å²) in [4.78, 5) is 4.94. The average Bonchev–Trinajstić information content (AvgIpc) is 2.38. The van der Waals surface area contributed by atoms with Crippen molar-refractivity contribution < 1.29 is 14.1 Å². The summed E-state index contributed by atoms with van der Waals surface area (Å²) in [6.07, 6.45) is 0. The lowest BCUT2D eigenvalue weighted by atomic mass is 10.1. The van der Waals surface area contributed by atoms with Crippen LogP contribution >= 0.6 is 18.6 Å². The molecule has 0 fully saturated rings. The third-order valence-electron chi connectivity index (χ3n) is 2.16. The minimum atomic E-state index is -2.31. The Morgan fingerprint density at radius 1 is 0.941 bits per heavy atom. The number of para-hydroxylation sites is 1. The third-order valence-corrected chi connectivity index (χ3v) is 2.52. The topological polar surface area (TPSA) is 35.5 Å². The minimum absolute atomic E-state index is 0.475. The maximum absolute atomic E-state index is 10.6. The molecule has 0 N–H and O–H groups in total. The molecular weight excluding hydrogens is 259 g/mol. The largest absolute Gasteiger partial charge is 0.674 e. The molecule has 2 aromatic rings. The Morgan fingerprint density at radius 2 is 1.59 bits per heavy atom. The van der Waals surface area contributed by atoms with Crippen molar-refractivity contribution in [3.63, 3.8) is 0 Å². The van der Waals surface area contributed by atoms with Gasteiger partial charge in [0.2, 0.25) is 11.2 Å². The molecule has 86 valence electrons. The Bertz CT molecular complexity index is 516. The van der Waals surface area contributed by atoms with E-state index in [1.54, 1.807) is 12.1 Å². The maximum Gasteiger partial charge on any atom is 0.674 e. The highest BCUT2D eigenvalue weighted by molar-refractivity contribution is 7.69. The third kappa shape index (κ3) is 3.27. The minimum Gasteiger partial charge on any atom is -0.291 e. The highest BCUT2D eigenvalue weighted by atomic mass is 35.7. The van der Waals surface area contributed by atoms with Crippen molar-refractivity contribution in [2.75, 3.05) is 0 Å². The second-order valence-corrected chi connectivity index (χ2v) is 4.63. The molecule has 0 heterocycles. The molecule has 0 spiro atoms. The molecule has 0 saturated heterocycles. The Kier molecular flexibility index (Phi) is 4.10. The fourth-order valence-corrected chi connectivity index (χ4v) is 1.69. The number of hydrogen-bond acceptors (Lipinski definition) is 3. The summed E-state index contributed by atoms with van der Waals surface area (Å²) in [6, 6.07) is 17.0. The SMILES string of the molecule is O=[P+](Cl)OOc1ccccc1-c1ccccc1. The Hall–Kier alpha value is -1.41. The van der Waals surface area contributed by atoms with Gasteiger partial charge >= 0.3 is 7.38 Å². The molecule has 0 aliphatic carbocycles. The summed E-state index contributed by atoms with van der Waals surface area (Å²) in [7, 11) is -2.31. The van der Waals surface area contributed by atoms with Gasteiger partial charge in [-0.1, -0.05) is 48.5 Å². The monoisotopic (exact) mass is 267 g/mol. The van der Waals surface area contributed by atoms with E-state index in [0.29, 0.717) is 5.75 Å².